The van der Waals surface area contributed by atoms with E-state index in [2.05, 4.69) is 22.4 Å². The number of aliphatic carboxylic acids is 1. The molecular formula is C13H15ClN2O2. The van der Waals surface area contributed by atoms with Gasteiger partial charge in [-0.2, -0.15) is 0 Å². The molecule has 1 aromatic heterocycles. The number of carboxylic acid groups (broad SMARTS) is 1. The number of hydrogen-bond donors (Lipinski definition) is 3. The van der Waals surface area contributed by atoms with E-state index in [4.69, 9.17) is 5.11 Å². The Kier molecular flexibility index (Phi) is 3.59. The fraction of sp³-hybridized carbons (Fsp3) is 0.308. The maximum absolute atomic E-state index is 10.7. The van der Waals surface area contributed by atoms with Crippen LogP contribution in [0.4, 0.5) is 0 Å². The van der Waals surface area contributed by atoms with E-state index in [1.165, 1.54) is 16.6 Å². The molecule has 0 fully saturated rings. The summed E-state index contributed by atoms with van der Waals surface area (Å²) in [6, 6.07) is 8.21. The Labute approximate surface area is 111 Å². The van der Waals surface area contributed by atoms with Crippen LogP contribution < -0.4 is 5.32 Å². The maximum Gasteiger partial charge on any atom is 0.304 e. The lowest BCUT2D eigenvalue weighted by Crippen LogP contribution is -2.37. The molecule has 0 radical (unpaired) electrons. The first-order chi connectivity index (χ1) is 8.24. The van der Waals surface area contributed by atoms with Crippen molar-refractivity contribution in [3.8, 4) is 0 Å². The Bertz CT molecular complexity index is 579. The number of fused-ring (bicyclic) bond motifs is 3. The third-order valence-electron chi connectivity index (χ3n) is 3.34. The zero-order valence-electron chi connectivity index (χ0n) is 9.77. The molecule has 2 heterocycles. The minimum atomic E-state index is -0.745. The lowest BCUT2D eigenvalue weighted by atomic mass is 9.97. The van der Waals surface area contributed by atoms with Crippen LogP contribution in [0.15, 0.2) is 24.3 Å². The van der Waals surface area contributed by atoms with Crippen LogP contribution in [0.1, 0.15) is 17.7 Å². The van der Waals surface area contributed by atoms with Gasteiger partial charge in [0.25, 0.3) is 0 Å². The number of carboxylic acids is 1. The second-order valence-electron chi connectivity index (χ2n) is 4.51. The topological polar surface area (TPSA) is 65.1 Å². The SMILES string of the molecule is Cl.O=C(O)C[C@@H]1Cc2c([nH]c3ccccc23)CN1. The minimum Gasteiger partial charge on any atom is -0.481 e. The second-order valence-corrected chi connectivity index (χ2v) is 4.51. The highest BCUT2D eigenvalue weighted by atomic mass is 35.5. The van der Waals surface area contributed by atoms with E-state index >= 15 is 0 Å². The van der Waals surface area contributed by atoms with Crippen molar-refractivity contribution >= 4 is 29.3 Å². The Hall–Kier alpha value is -1.52. The monoisotopic (exact) mass is 266 g/mol. The van der Waals surface area contributed by atoms with Crippen LogP contribution in [0.25, 0.3) is 10.9 Å². The predicted molar refractivity (Wildman–Crippen MR) is 72.1 cm³/mol. The number of rotatable bonds is 2. The smallest absolute Gasteiger partial charge is 0.304 e. The molecule has 5 heteroatoms. The van der Waals surface area contributed by atoms with Gasteiger partial charge >= 0.3 is 5.97 Å². The number of aromatic nitrogens is 1. The molecule has 0 unspecified atom stereocenters. The Balaban J connectivity index is 0.00000120. The normalized spacial score (nSPS) is 18.1. The zero-order valence-corrected chi connectivity index (χ0v) is 10.6. The number of halogens is 1. The molecule has 3 N–H and O–H groups in total. The second kappa shape index (κ2) is 5.00. The molecule has 4 nitrogen and oxygen atoms in total. The standard InChI is InChI=1S/C13H14N2O2.ClH/c16-13(17)6-8-5-10-9-3-1-2-4-11(9)15-12(10)7-14-8;/h1-4,8,14-15H,5-7H2,(H,16,17);1H/t8-;/m0./s1. The zero-order chi connectivity index (χ0) is 11.8. The number of nitrogens with one attached hydrogen (secondary N) is 2. The summed E-state index contributed by atoms with van der Waals surface area (Å²) in [5, 5.41) is 13.3. The molecule has 0 spiro atoms. The van der Waals surface area contributed by atoms with Gasteiger partial charge in [0.1, 0.15) is 0 Å². The van der Waals surface area contributed by atoms with E-state index in [0.29, 0.717) is 0 Å². The van der Waals surface area contributed by atoms with Gasteiger partial charge in [-0.25, -0.2) is 0 Å². The fourth-order valence-corrected chi connectivity index (χ4v) is 2.56. The van der Waals surface area contributed by atoms with Crippen molar-refractivity contribution in [1.29, 1.82) is 0 Å². The molecule has 18 heavy (non-hydrogen) atoms. The van der Waals surface area contributed by atoms with Gasteiger partial charge in [0.2, 0.25) is 0 Å². The Morgan fingerprint density at radius 2 is 2.17 bits per heavy atom. The number of para-hydroxylation sites is 1. The third kappa shape index (κ3) is 2.21. The molecule has 96 valence electrons. The molecular weight excluding hydrogens is 252 g/mol. The molecule has 1 aliphatic rings. The van der Waals surface area contributed by atoms with Gasteiger partial charge < -0.3 is 15.4 Å². The van der Waals surface area contributed by atoms with Gasteiger partial charge in [-0.3, -0.25) is 4.79 Å². The average Bonchev–Trinajstić information content (AvgIpc) is 2.66. The van der Waals surface area contributed by atoms with Crippen LogP contribution in [0.5, 0.6) is 0 Å². The van der Waals surface area contributed by atoms with Crippen molar-refractivity contribution in [2.75, 3.05) is 0 Å². The molecule has 2 aromatic rings. The van der Waals surface area contributed by atoms with Crippen molar-refractivity contribution < 1.29 is 9.90 Å². The van der Waals surface area contributed by atoms with E-state index < -0.39 is 5.97 Å². The number of aromatic amines is 1. The molecule has 1 aromatic carbocycles. The summed E-state index contributed by atoms with van der Waals surface area (Å²) in [7, 11) is 0. The Morgan fingerprint density at radius 3 is 2.94 bits per heavy atom. The van der Waals surface area contributed by atoms with Crippen LogP contribution in [0.2, 0.25) is 0 Å². The van der Waals surface area contributed by atoms with E-state index in [1.54, 1.807) is 0 Å². The number of carbonyl (C=O) groups is 1. The highest BCUT2D eigenvalue weighted by molar-refractivity contribution is 5.85. The third-order valence-corrected chi connectivity index (χ3v) is 3.34. The van der Waals surface area contributed by atoms with Crippen molar-refractivity contribution in [2.24, 2.45) is 0 Å². The first-order valence-corrected chi connectivity index (χ1v) is 5.77. The summed E-state index contributed by atoms with van der Waals surface area (Å²) in [5.74, 6) is -0.745. The molecule has 1 atom stereocenters. The molecule has 0 bridgehead atoms. The molecule has 0 amide bonds. The number of H-pyrrole nitrogens is 1. The van der Waals surface area contributed by atoms with E-state index in [1.807, 2.05) is 12.1 Å². The molecule has 0 saturated heterocycles. The largest absolute Gasteiger partial charge is 0.481 e. The average molecular weight is 267 g/mol. The number of benzene rings is 1. The molecule has 0 saturated carbocycles. The minimum absolute atomic E-state index is 0. The van der Waals surface area contributed by atoms with Gasteiger partial charge in [0.15, 0.2) is 0 Å². The van der Waals surface area contributed by atoms with Crippen molar-refractivity contribution in [2.45, 2.75) is 25.4 Å². The van der Waals surface area contributed by atoms with E-state index in [0.717, 1.165) is 18.5 Å². The van der Waals surface area contributed by atoms with Crippen molar-refractivity contribution in [1.82, 2.24) is 10.3 Å². The summed E-state index contributed by atoms with van der Waals surface area (Å²) < 4.78 is 0. The summed E-state index contributed by atoms with van der Waals surface area (Å²) in [6.45, 7) is 0.724. The summed E-state index contributed by atoms with van der Waals surface area (Å²) >= 11 is 0. The lowest BCUT2D eigenvalue weighted by molar-refractivity contribution is -0.137. The first-order valence-electron chi connectivity index (χ1n) is 5.77. The molecule has 0 aliphatic carbocycles. The van der Waals surface area contributed by atoms with E-state index in [9.17, 15) is 4.79 Å². The van der Waals surface area contributed by atoms with Gasteiger partial charge in [-0.05, 0) is 18.1 Å². The van der Waals surface area contributed by atoms with Gasteiger partial charge in [-0.1, -0.05) is 18.2 Å². The van der Waals surface area contributed by atoms with Gasteiger partial charge in [0, 0.05) is 29.2 Å². The first kappa shape index (κ1) is 12.9. The highest BCUT2D eigenvalue weighted by Crippen LogP contribution is 2.26. The van der Waals surface area contributed by atoms with Gasteiger partial charge in [0.05, 0.1) is 6.42 Å². The van der Waals surface area contributed by atoms with Gasteiger partial charge in [-0.15, -0.1) is 12.4 Å². The predicted octanol–water partition coefficient (Wildman–Crippen LogP) is 2.08. The number of hydrogen-bond acceptors (Lipinski definition) is 2. The molecule has 3 rings (SSSR count). The van der Waals surface area contributed by atoms with Crippen molar-refractivity contribution in [3.63, 3.8) is 0 Å². The van der Waals surface area contributed by atoms with Crippen LogP contribution in [0.3, 0.4) is 0 Å². The molecule has 1 aliphatic heterocycles. The van der Waals surface area contributed by atoms with E-state index in [-0.39, 0.29) is 24.9 Å². The maximum atomic E-state index is 10.7. The summed E-state index contributed by atoms with van der Waals surface area (Å²) in [6.07, 6.45) is 0.963. The van der Waals surface area contributed by atoms with Crippen molar-refractivity contribution in [3.05, 3.63) is 35.5 Å². The lowest BCUT2D eigenvalue weighted by Gasteiger charge is -2.22. The van der Waals surface area contributed by atoms with Crippen LogP contribution in [-0.4, -0.2) is 22.1 Å². The quantitative estimate of drug-likeness (QED) is 0.780. The highest BCUT2D eigenvalue weighted by Gasteiger charge is 2.23. The summed E-state index contributed by atoms with van der Waals surface area (Å²) in [4.78, 5) is 14.1. The Morgan fingerprint density at radius 1 is 1.39 bits per heavy atom. The fourth-order valence-electron chi connectivity index (χ4n) is 2.56. The summed E-state index contributed by atoms with van der Waals surface area (Å²) in [5.41, 5.74) is 3.59. The van der Waals surface area contributed by atoms with Crippen LogP contribution in [0, 0.1) is 0 Å². The van der Waals surface area contributed by atoms with Crippen LogP contribution in [-0.2, 0) is 17.8 Å². The van der Waals surface area contributed by atoms with Crippen LogP contribution >= 0.6 is 12.4 Å².